The molecule has 2 heterocycles. The summed E-state index contributed by atoms with van der Waals surface area (Å²) in [5, 5.41) is 12.6. The van der Waals surface area contributed by atoms with Gasteiger partial charge in [-0.2, -0.15) is 5.26 Å². The molecular weight excluding hydrogens is 314 g/mol. The van der Waals surface area contributed by atoms with Crippen LogP contribution in [0.15, 0.2) is 40.1 Å². The molecule has 3 rings (SSSR count). The largest absolute Gasteiger partial charge is 0.425 e. The molecule has 1 aromatic heterocycles. The van der Waals surface area contributed by atoms with E-state index in [1.54, 1.807) is 0 Å². The number of aromatic nitrogens is 1. The van der Waals surface area contributed by atoms with E-state index in [1.807, 2.05) is 43.3 Å². The molecule has 6 nitrogen and oxygen atoms in total. The molecule has 0 bridgehead atoms. The van der Waals surface area contributed by atoms with E-state index in [4.69, 9.17) is 10.2 Å². The first kappa shape index (κ1) is 16.9. The molecule has 0 saturated carbocycles. The Bertz CT molecular complexity index is 826. The minimum atomic E-state index is -0.309. The van der Waals surface area contributed by atoms with Gasteiger partial charge in [-0.1, -0.05) is 25.5 Å². The van der Waals surface area contributed by atoms with Crippen LogP contribution >= 0.6 is 0 Å². The van der Waals surface area contributed by atoms with E-state index in [9.17, 15) is 5.26 Å². The average Bonchev–Trinajstić information content (AvgIpc) is 3.01. The monoisotopic (exact) mass is 337 g/mol. The first-order valence-electron chi connectivity index (χ1n) is 8.48. The Labute approximate surface area is 147 Å². The summed E-state index contributed by atoms with van der Waals surface area (Å²) in [7, 11) is 3.99. The van der Waals surface area contributed by atoms with Crippen molar-refractivity contribution < 1.29 is 4.42 Å². The number of anilines is 2. The zero-order chi connectivity index (χ0) is 18.0. The van der Waals surface area contributed by atoms with E-state index >= 15 is 0 Å². The molecule has 130 valence electrons. The SMILES string of the molecule is CCCCc1nc2c(o1)NC(N)=C(C#N)[C@@H]2c1ccc(N(C)C)cc1. The Kier molecular flexibility index (Phi) is 4.66. The van der Waals surface area contributed by atoms with E-state index in [0.717, 1.165) is 36.2 Å². The molecule has 0 spiro atoms. The van der Waals surface area contributed by atoms with E-state index in [0.29, 0.717) is 23.2 Å². The molecule has 0 radical (unpaired) electrons. The second-order valence-electron chi connectivity index (χ2n) is 6.41. The topological polar surface area (TPSA) is 91.1 Å². The normalized spacial score (nSPS) is 16.2. The van der Waals surface area contributed by atoms with Crippen molar-refractivity contribution in [1.29, 1.82) is 5.26 Å². The third-order valence-corrected chi connectivity index (χ3v) is 4.41. The number of benzene rings is 1. The fourth-order valence-electron chi connectivity index (χ4n) is 2.99. The summed E-state index contributed by atoms with van der Waals surface area (Å²) in [5.41, 5.74) is 9.34. The molecule has 25 heavy (non-hydrogen) atoms. The first-order chi connectivity index (χ1) is 12.0. The lowest BCUT2D eigenvalue weighted by atomic mass is 9.87. The second kappa shape index (κ2) is 6.89. The van der Waals surface area contributed by atoms with Crippen LogP contribution in [0, 0.1) is 11.3 Å². The molecule has 1 aromatic carbocycles. The average molecular weight is 337 g/mol. The minimum absolute atomic E-state index is 0.309. The van der Waals surface area contributed by atoms with Gasteiger partial charge in [0.15, 0.2) is 5.89 Å². The van der Waals surface area contributed by atoms with E-state index < -0.39 is 0 Å². The first-order valence-corrected chi connectivity index (χ1v) is 8.48. The number of nitrogens with one attached hydrogen (secondary N) is 1. The summed E-state index contributed by atoms with van der Waals surface area (Å²) in [4.78, 5) is 6.69. The lowest BCUT2D eigenvalue weighted by molar-refractivity contribution is 0.497. The van der Waals surface area contributed by atoms with Gasteiger partial charge < -0.3 is 20.4 Å². The number of fused-ring (bicyclic) bond motifs is 1. The Balaban J connectivity index is 2.04. The highest BCUT2D eigenvalue weighted by atomic mass is 16.4. The van der Waals surface area contributed by atoms with Crippen LogP contribution in [0.25, 0.3) is 0 Å². The predicted molar refractivity (Wildman–Crippen MR) is 98.2 cm³/mol. The number of nitrogens with zero attached hydrogens (tertiary/aromatic N) is 3. The zero-order valence-electron chi connectivity index (χ0n) is 14.8. The molecule has 0 saturated heterocycles. The molecule has 0 unspecified atom stereocenters. The van der Waals surface area contributed by atoms with E-state index in [2.05, 4.69) is 23.3 Å². The summed E-state index contributed by atoms with van der Waals surface area (Å²) >= 11 is 0. The van der Waals surface area contributed by atoms with Crippen LogP contribution in [0.1, 0.15) is 42.8 Å². The van der Waals surface area contributed by atoms with Crippen LogP contribution in [-0.2, 0) is 6.42 Å². The summed E-state index contributed by atoms with van der Waals surface area (Å²) in [6, 6.07) is 10.3. The minimum Gasteiger partial charge on any atom is -0.425 e. The van der Waals surface area contributed by atoms with Gasteiger partial charge in [-0.25, -0.2) is 4.98 Å². The lowest BCUT2D eigenvalue weighted by Gasteiger charge is -2.23. The maximum absolute atomic E-state index is 9.62. The molecule has 6 heteroatoms. The van der Waals surface area contributed by atoms with Crippen molar-refractivity contribution in [1.82, 2.24) is 4.98 Å². The highest BCUT2D eigenvalue weighted by Crippen LogP contribution is 2.40. The molecule has 3 N–H and O–H groups in total. The van der Waals surface area contributed by atoms with Crippen LogP contribution in [0.4, 0.5) is 11.6 Å². The van der Waals surface area contributed by atoms with Gasteiger partial charge in [0.1, 0.15) is 11.5 Å². The van der Waals surface area contributed by atoms with Gasteiger partial charge in [-0.05, 0) is 24.1 Å². The number of hydrogen-bond donors (Lipinski definition) is 2. The Morgan fingerprint density at radius 3 is 2.64 bits per heavy atom. The third-order valence-electron chi connectivity index (χ3n) is 4.41. The number of unbranched alkanes of at least 4 members (excludes halogenated alkanes) is 1. The number of hydrogen-bond acceptors (Lipinski definition) is 6. The summed E-state index contributed by atoms with van der Waals surface area (Å²) in [5.74, 6) is 1.25. The summed E-state index contributed by atoms with van der Waals surface area (Å²) < 4.78 is 5.83. The third kappa shape index (κ3) is 3.18. The number of aryl methyl sites for hydroxylation is 1. The maximum atomic E-state index is 9.62. The highest BCUT2D eigenvalue weighted by Gasteiger charge is 2.33. The van der Waals surface area contributed by atoms with Gasteiger partial charge in [-0.3, -0.25) is 0 Å². The molecule has 1 aliphatic heterocycles. The quantitative estimate of drug-likeness (QED) is 0.869. The van der Waals surface area contributed by atoms with E-state index in [1.165, 1.54) is 0 Å². The fraction of sp³-hybridized carbons (Fsp3) is 0.368. The van der Waals surface area contributed by atoms with Crippen molar-refractivity contribution in [2.24, 2.45) is 5.73 Å². The molecule has 2 aromatic rings. The van der Waals surface area contributed by atoms with Crippen molar-refractivity contribution in [2.75, 3.05) is 24.3 Å². The van der Waals surface area contributed by atoms with Gasteiger partial charge in [0.25, 0.3) is 0 Å². The zero-order valence-corrected chi connectivity index (χ0v) is 14.8. The number of allylic oxidation sites excluding steroid dienone is 1. The molecule has 0 amide bonds. The van der Waals surface area contributed by atoms with E-state index in [-0.39, 0.29) is 5.92 Å². The second-order valence-corrected chi connectivity index (χ2v) is 6.41. The molecule has 1 aliphatic rings. The van der Waals surface area contributed by atoms with Gasteiger partial charge in [0.2, 0.25) is 5.88 Å². The Morgan fingerprint density at radius 2 is 2.04 bits per heavy atom. The Hall–Kier alpha value is -2.94. The van der Waals surface area contributed by atoms with Gasteiger partial charge >= 0.3 is 0 Å². The van der Waals surface area contributed by atoms with Gasteiger partial charge in [0.05, 0.1) is 17.6 Å². The molecule has 0 aliphatic carbocycles. The molecule has 1 atom stereocenters. The van der Waals surface area contributed by atoms with Crippen molar-refractivity contribution >= 4 is 11.6 Å². The smallest absolute Gasteiger partial charge is 0.223 e. The van der Waals surface area contributed by atoms with Crippen LogP contribution in [0.5, 0.6) is 0 Å². The Morgan fingerprint density at radius 1 is 1.32 bits per heavy atom. The lowest BCUT2D eigenvalue weighted by Crippen LogP contribution is -2.22. The standard InChI is InChI=1S/C19H23N5O/c1-4-5-6-15-22-17-16(12-7-9-13(10-8-12)24(2)3)14(11-20)18(21)23-19(17)25-15/h7-10,16,23H,4-6,21H2,1-3H3/t16-/m0/s1. The van der Waals surface area contributed by atoms with Crippen LogP contribution in [0.3, 0.4) is 0 Å². The van der Waals surface area contributed by atoms with Crippen molar-refractivity contribution in [3.63, 3.8) is 0 Å². The molecule has 0 fully saturated rings. The summed E-state index contributed by atoms with van der Waals surface area (Å²) in [6.45, 7) is 2.13. The molecular formula is C19H23N5O. The predicted octanol–water partition coefficient (Wildman–Crippen LogP) is 3.33. The van der Waals surface area contributed by atoms with Gasteiger partial charge in [0, 0.05) is 26.2 Å². The fourth-order valence-corrected chi connectivity index (χ4v) is 2.99. The number of oxazole rings is 1. The van der Waals surface area contributed by atoms with Crippen LogP contribution in [-0.4, -0.2) is 19.1 Å². The van der Waals surface area contributed by atoms with Crippen molar-refractivity contribution in [3.8, 4) is 6.07 Å². The number of nitrogens with two attached hydrogens (primary N) is 1. The summed E-state index contributed by atoms with van der Waals surface area (Å²) in [6.07, 6.45) is 2.86. The highest BCUT2D eigenvalue weighted by molar-refractivity contribution is 5.62. The van der Waals surface area contributed by atoms with Gasteiger partial charge in [-0.15, -0.1) is 0 Å². The maximum Gasteiger partial charge on any atom is 0.223 e. The number of nitriles is 1. The van der Waals surface area contributed by atoms with Crippen molar-refractivity contribution in [2.45, 2.75) is 32.1 Å². The van der Waals surface area contributed by atoms with Crippen LogP contribution < -0.4 is 16.0 Å². The van der Waals surface area contributed by atoms with Crippen LogP contribution in [0.2, 0.25) is 0 Å². The number of rotatable bonds is 5. The van der Waals surface area contributed by atoms with Crippen molar-refractivity contribution in [3.05, 3.63) is 52.8 Å².